The van der Waals surface area contributed by atoms with Crippen LogP contribution in [0.1, 0.15) is 23.9 Å². The van der Waals surface area contributed by atoms with Crippen LogP contribution in [0.5, 0.6) is 5.75 Å². The first-order valence-corrected chi connectivity index (χ1v) is 10.2. The molecule has 3 rings (SSSR count). The molecule has 152 valence electrons. The van der Waals surface area contributed by atoms with Crippen LogP contribution in [0.3, 0.4) is 0 Å². The van der Waals surface area contributed by atoms with Crippen LogP contribution >= 0.6 is 23.4 Å². The third-order valence-electron chi connectivity index (χ3n) is 4.08. The zero-order valence-electron chi connectivity index (χ0n) is 16.3. The van der Waals surface area contributed by atoms with E-state index in [4.69, 9.17) is 22.2 Å². The van der Waals surface area contributed by atoms with Gasteiger partial charge in [-0.3, -0.25) is 4.79 Å². The van der Waals surface area contributed by atoms with E-state index < -0.39 is 5.25 Å². The molecule has 3 aromatic rings. The summed E-state index contributed by atoms with van der Waals surface area (Å²) in [4.78, 5) is 12.4. The molecule has 1 aromatic heterocycles. The normalized spacial score (nSPS) is 11.9. The average molecular weight is 432 g/mol. The van der Waals surface area contributed by atoms with Gasteiger partial charge < -0.3 is 15.9 Å². The van der Waals surface area contributed by atoms with Gasteiger partial charge in [0.1, 0.15) is 12.4 Å². The van der Waals surface area contributed by atoms with E-state index in [2.05, 4.69) is 21.6 Å². The van der Waals surface area contributed by atoms with Crippen LogP contribution in [0.2, 0.25) is 5.02 Å². The van der Waals surface area contributed by atoms with Crippen molar-refractivity contribution in [1.82, 2.24) is 14.9 Å². The summed E-state index contributed by atoms with van der Waals surface area (Å²) < 4.78 is 7.13. The maximum absolute atomic E-state index is 12.4. The molecule has 29 heavy (non-hydrogen) atoms. The molecule has 1 unspecified atom stereocenters. The lowest BCUT2D eigenvalue weighted by atomic mass is 10.1. The summed E-state index contributed by atoms with van der Waals surface area (Å²) in [6, 6.07) is 13.0. The number of benzene rings is 2. The van der Waals surface area contributed by atoms with Crippen LogP contribution in [0.4, 0.5) is 5.69 Å². The molecule has 0 saturated heterocycles. The Kier molecular flexibility index (Phi) is 6.66. The molecule has 0 radical (unpaired) electrons. The Balaban J connectivity index is 1.61. The van der Waals surface area contributed by atoms with Gasteiger partial charge in [0.15, 0.2) is 5.82 Å². The van der Waals surface area contributed by atoms with Gasteiger partial charge >= 0.3 is 0 Å². The number of anilines is 1. The molecule has 0 bridgehead atoms. The molecule has 3 N–H and O–H groups in total. The SMILES string of the molecule is Cc1cc(C)cc(OCc2nnc(SC(C)C(=O)Nc3ccccc3Cl)n2N)c1. The minimum absolute atomic E-state index is 0.174. The molecule has 0 saturated carbocycles. The maximum Gasteiger partial charge on any atom is 0.237 e. The molecule has 1 atom stereocenters. The van der Waals surface area contributed by atoms with Crippen molar-refractivity contribution in [3.8, 4) is 5.75 Å². The largest absolute Gasteiger partial charge is 0.486 e. The van der Waals surface area contributed by atoms with Crippen molar-refractivity contribution in [3.63, 3.8) is 0 Å². The quantitative estimate of drug-likeness (QED) is 0.434. The molecule has 0 spiro atoms. The number of nitrogen functional groups attached to an aromatic ring is 1. The molecule has 0 aliphatic heterocycles. The highest BCUT2D eigenvalue weighted by atomic mass is 35.5. The van der Waals surface area contributed by atoms with E-state index in [-0.39, 0.29) is 12.5 Å². The Hall–Kier alpha value is -2.71. The van der Waals surface area contributed by atoms with Crippen molar-refractivity contribution in [2.24, 2.45) is 0 Å². The number of para-hydroxylation sites is 1. The van der Waals surface area contributed by atoms with Crippen LogP contribution in [0.15, 0.2) is 47.6 Å². The van der Waals surface area contributed by atoms with E-state index in [9.17, 15) is 4.79 Å². The number of nitrogens with two attached hydrogens (primary N) is 1. The van der Waals surface area contributed by atoms with Gasteiger partial charge in [0, 0.05) is 0 Å². The molecule has 1 heterocycles. The van der Waals surface area contributed by atoms with Crippen molar-refractivity contribution in [2.75, 3.05) is 11.2 Å². The lowest BCUT2D eigenvalue weighted by molar-refractivity contribution is -0.115. The van der Waals surface area contributed by atoms with E-state index in [0.29, 0.717) is 21.7 Å². The van der Waals surface area contributed by atoms with Crippen LogP contribution < -0.4 is 15.9 Å². The Morgan fingerprint density at radius 2 is 1.93 bits per heavy atom. The van der Waals surface area contributed by atoms with E-state index in [1.807, 2.05) is 26.0 Å². The van der Waals surface area contributed by atoms with E-state index in [1.54, 1.807) is 31.2 Å². The van der Waals surface area contributed by atoms with Crippen molar-refractivity contribution in [3.05, 3.63) is 64.4 Å². The summed E-state index contributed by atoms with van der Waals surface area (Å²) in [5, 5.41) is 11.4. The number of ether oxygens (including phenoxy) is 1. The first-order chi connectivity index (χ1) is 13.8. The number of rotatable bonds is 7. The zero-order chi connectivity index (χ0) is 21.0. The first-order valence-electron chi connectivity index (χ1n) is 8.96. The van der Waals surface area contributed by atoms with Crippen molar-refractivity contribution < 1.29 is 9.53 Å². The number of hydrogen-bond acceptors (Lipinski definition) is 6. The number of carbonyl (C=O) groups excluding carboxylic acids is 1. The summed E-state index contributed by atoms with van der Waals surface area (Å²) in [6.45, 7) is 5.95. The number of hydrogen-bond donors (Lipinski definition) is 2. The van der Waals surface area contributed by atoms with Crippen LogP contribution in [0, 0.1) is 13.8 Å². The lowest BCUT2D eigenvalue weighted by Gasteiger charge is -2.12. The minimum atomic E-state index is -0.453. The fraction of sp³-hybridized carbons (Fsp3) is 0.250. The van der Waals surface area contributed by atoms with Gasteiger partial charge in [-0.25, -0.2) is 4.68 Å². The van der Waals surface area contributed by atoms with Gasteiger partial charge in [-0.15, -0.1) is 10.2 Å². The topological polar surface area (TPSA) is 95.1 Å². The second kappa shape index (κ2) is 9.19. The smallest absolute Gasteiger partial charge is 0.237 e. The molecule has 9 heteroatoms. The highest BCUT2D eigenvalue weighted by Crippen LogP contribution is 2.25. The third-order valence-corrected chi connectivity index (χ3v) is 5.47. The van der Waals surface area contributed by atoms with Crippen LogP contribution in [-0.2, 0) is 11.4 Å². The standard InChI is InChI=1S/C20H22ClN5O2S/c1-12-8-13(2)10-15(9-12)28-11-18-24-25-20(26(18)22)29-14(3)19(27)23-17-7-5-4-6-16(17)21/h4-10,14H,11,22H2,1-3H3,(H,23,27). The van der Waals surface area contributed by atoms with Crippen LogP contribution in [0.25, 0.3) is 0 Å². The lowest BCUT2D eigenvalue weighted by Crippen LogP contribution is -2.24. The average Bonchev–Trinajstić information content (AvgIpc) is 3.01. The summed E-state index contributed by atoms with van der Waals surface area (Å²) in [7, 11) is 0. The highest BCUT2D eigenvalue weighted by Gasteiger charge is 2.20. The number of carbonyl (C=O) groups is 1. The predicted octanol–water partition coefficient (Wildman–Crippen LogP) is 3.96. The van der Waals surface area contributed by atoms with Gasteiger partial charge in [0.2, 0.25) is 11.1 Å². The summed E-state index contributed by atoms with van der Waals surface area (Å²) in [5.41, 5.74) is 2.79. The third kappa shape index (κ3) is 5.42. The zero-order valence-corrected chi connectivity index (χ0v) is 17.9. The van der Waals surface area contributed by atoms with Crippen molar-refractivity contribution >= 4 is 35.0 Å². The Labute approximate surface area is 178 Å². The number of thioether (sulfide) groups is 1. The van der Waals surface area contributed by atoms with Crippen molar-refractivity contribution in [1.29, 1.82) is 0 Å². The summed E-state index contributed by atoms with van der Waals surface area (Å²) in [5.74, 6) is 7.09. The highest BCUT2D eigenvalue weighted by molar-refractivity contribution is 8.00. The fourth-order valence-corrected chi connectivity index (χ4v) is 3.63. The molecule has 1 amide bonds. The Bertz CT molecular complexity index is 1000. The number of aromatic nitrogens is 3. The molecular weight excluding hydrogens is 410 g/mol. The first kappa shape index (κ1) is 21.0. The molecule has 2 aromatic carbocycles. The van der Waals surface area contributed by atoms with Crippen molar-refractivity contribution in [2.45, 2.75) is 37.8 Å². The number of nitrogens with zero attached hydrogens (tertiary/aromatic N) is 3. The van der Waals surface area contributed by atoms with Crippen LogP contribution in [-0.4, -0.2) is 26.0 Å². The van der Waals surface area contributed by atoms with E-state index in [1.165, 1.54) is 16.4 Å². The maximum atomic E-state index is 12.4. The second-order valence-corrected chi connectivity index (χ2v) is 8.33. The molecule has 0 aliphatic rings. The van der Waals surface area contributed by atoms with Gasteiger partial charge in [-0.05, 0) is 56.2 Å². The molecule has 7 nitrogen and oxygen atoms in total. The second-order valence-electron chi connectivity index (χ2n) is 6.61. The predicted molar refractivity (Wildman–Crippen MR) is 116 cm³/mol. The molecular formula is C20H22ClN5O2S. The van der Waals surface area contributed by atoms with E-state index in [0.717, 1.165) is 16.9 Å². The van der Waals surface area contributed by atoms with Gasteiger partial charge in [-0.2, -0.15) is 0 Å². The fourth-order valence-electron chi connectivity index (χ4n) is 2.66. The summed E-state index contributed by atoms with van der Waals surface area (Å²) in [6.07, 6.45) is 0. The minimum Gasteiger partial charge on any atom is -0.486 e. The molecule has 0 fully saturated rings. The van der Waals surface area contributed by atoms with Gasteiger partial charge in [0.25, 0.3) is 0 Å². The monoisotopic (exact) mass is 431 g/mol. The van der Waals surface area contributed by atoms with Gasteiger partial charge in [0.05, 0.1) is 16.0 Å². The Morgan fingerprint density at radius 3 is 2.62 bits per heavy atom. The summed E-state index contributed by atoms with van der Waals surface area (Å²) >= 11 is 7.29. The number of amides is 1. The Morgan fingerprint density at radius 1 is 1.24 bits per heavy atom. The number of halogens is 1. The number of nitrogens with one attached hydrogen (secondary N) is 1. The van der Waals surface area contributed by atoms with Gasteiger partial charge in [-0.1, -0.05) is 41.6 Å². The molecule has 0 aliphatic carbocycles. The van der Waals surface area contributed by atoms with E-state index >= 15 is 0 Å². The number of aryl methyl sites for hydroxylation is 2.